The van der Waals surface area contributed by atoms with Gasteiger partial charge in [0, 0.05) is 43.3 Å². The third kappa shape index (κ3) is 9.26. The SMILES string of the molecule is CC.CC(C)N1CCN(c2ccc(Nc3cc(-c4c(F)cccc4F)nc4c3C(=O)NC4)nc2)CC1.CC1(c2ccc(Nc3nc(-c4c(F)cccc4F)nc4c3C(=O)NC4)cc2)COC1. The van der Waals surface area contributed by atoms with E-state index in [2.05, 4.69) is 71.8 Å². The van der Waals surface area contributed by atoms with Crippen LogP contribution in [-0.2, 0) is 23.2 Å². The zero-order valence-corrected chi connectivity index (χ0v) is 37.2. The molecule has 6 aromatic rings. The lowest BCUT2D eigenvalue weighted by atomic mass is 9.81. The third-order valence-corrected chi connectivity index (χ3v) is 11.9. The van der Waals surface area contributed by atoms with Gasteiger partial charge in [-0.3, -0.25) is 14.5 Å². The Hall–Kier alpha value is -6.98. The number of fused-ring (bicyclic) bond motifs is 2. The van der Waals surface area contributed by atoms with Crippen molar-refractivity contribution in [3.8, 4) is 22.6 Å². The summed E-state index contributed by atoms with van der Waals surface area (Å²) >= 11 is 0. The summed E-state index contributed by atoms with van der Waals surface area (Å²) in [5.74, 6) is -2.95. The van der Waals surface area contributed by atoms with Gasteiger partial charge >= 0.3 is 0 Å². The van der Waals surface area contributed by atoms with Crippen LogP contribution in [-0.4, -0.2) is 82.1 Å². The van der Waals surface area contributed by atoms with Crippen LogP contribution in [0.3, 0.4) is 0 Å². The van der Waals surface area contributed by atoms with Gasteiger partial charge in [0.15, 0.2) is 5.82 Å². The fraction of sp³-hybridized carbons (Fsp3) is 0.306. The zero-order chi connectivity index (χ0) is 46.7. The van der Waals surface area contributed by atoms with Gasteiger partial charge < -0.3 is 30.9 Å². The smallest absolute Gasteiger partial charge is 0.257 e. The molecule has 0 atom stereocenters. The molecule has 4 aliphatic heterocycles. The summed E-state index contributed by atoms with van der Waals surface area (Å²) in [5, 5.41) is 11.7. The number of rotatable bonds is 9. The van der Waals surface area contributed by atoms with Gasteiger partial charge in [-0.2, -0.15) is 0 Å². The number of ether oxygens (including phenoxy) is 1. The summed E-state index contributed by atoms with van der Waals surface area (Å²) in [6.07, 6.45) is 1.80. The van der Waals surface area contributed by atoms with E-state index in [1.165, 1.54) is 30.3 Å². The molecule has 3 aromatic heterocycles. The molecule has 7 heterocycles. The minimum atomic E-state index is -0.765. The first kappa shape index (κ1) is 45.6. The van der Waals surface area contributed by atoms with E-state index in [-0.39, 0.29) is 64.3 Å². The number of piperazine rings is 1. The molecule has 0 aliphatic carbocycles. The first-order chi connectivity index (χ1) is 31.8. The first-order valence-electron chi connectivity index (χ1n) is 21.9. The van der Waals surface area contributed by atoms with Gasteiger partial charge in [-0.15, -0.1) is 0 Å². The summed E-state index contributed by atoms with van der Waals surface area (Å²) in [6, 6.07) is 20.8. The fourth-order valence-electron chi connectivity index (χ4n) is 8.19. The topological polar surface area (TPSA) is 150 Å². The van der Waals surface area contributed by atoms with E-state index < -0.39 is 23.3 Å². The van der Waals surface area contributed by atoms with Gasteiger partial charge in [0.25, 0.3) is 11.8 Å². The van der Waals surface area contributed by atoms with E-state index in [1.807, 2.05) is 50.2 Å². The van der Waals surface area contributed by atoms with Gasteiger partial charge in [-0.05, 0) is 74.0 Å². The quantitative estimate of drug-likeness (QED) is 0.103. The molecule has 4 N–H and O–H groups in total. The number of benzene rings is 3. The van der Waals surface area contributed by atoms with Crippen LogP contribution < -0.4 is 26.2 Å². The lowest BCUT2D eigenvalue weighted by Gasteiger charge is -2.38. The Balaban J connectivity index is 0.000000174. The van der Waals surface area contributed by atoms with Crippen LogP contribution in [0.5, 0.6) is 0 Å². The molecule has 342 valence electrons. The summed E-state index contributed by atoms with van der Waals surface area (Å²) in [5.41, 5.74) is 4.32. The lowest BCUT2D eigenvalue weighted by molar-refractivity contribution is -0.0499. The molecular formula is C49H50F4N10O3. The number of nitrogens with one attached hydrogen (secondary N) is 4. The van der Waals surface area contributed by atoms with Crippen molar-refractivity contribution in [2.24, 2.45) is 0 Å². The van der Waals surface area contributed by atoms with E-state index in [0.29, 0.717) is 53.4 Å². The second-order valence-electron chi connectivity index (χ2n) is 16.6. The number of carbonyl (C=O) groups excluding carboxylic acids is 2. The molecule has 10 rings (SSSR count). The molecular weight excluding hydrogens is 853 g/mol. The standard InChI is InChI=1S/C25H26F2N6O.C22H18F2N4O2.C2H6/c1-15(2)32-8-10-33(11-9-32)16-6-7-22(28-13-16)31-20-12-19(23-17(26)4-3-5-18(23)27)30-21-14-29-25(34)24(20)21;1-22(10-30-11-22)12-5-7-13(8-6-12)26-20-18-16(9-25-21(18)29)27-19(28-20)17-14(23)3-2-4-15(17)24;1-2/h3-7,12-13,15H,8-11,14H2,1-2H3,(H,29,34)(H,28,30,31);2-8H,9-11H2,1H3,(H,25,29)(H,26,27,28);1-2H3. The highest BCUT2D eigenvalue weighted by molar-refractivity contribution is 6.04. The zero-order valence-electron chi connectivity index (χ0n) is 37.2. The largest absolute Gasteiger partial charge is 0.379 e. The molecule has 0 bridgehead atoms. The van der Waals surface area contributed by atoms with Crippen LogP contribution in [0.2, 0.25) is 0 Å². The highest BCUT2D eigenvalue weighted by atomic mass is 19.1. The number of aromatic nitrogens is 4. The molecule has 0 radical (unpaired) electrons. The van der Waals surface area contributed by atoms with Crippen molar-refractivity contribution in [1.29, 1.82) is 0 Å². The van der Waals surface area contributed by atoms with Crippen molar-refractivity contribution in [3.05, 3.63) is 136 Å². The average molecular weight is 903 g/mol. The molecule has 17 heteroatoms. The van der Waals surface area contributed by atoms with Crippen LogP contribution in [0.25, 0.3) is 22.6 Å². The fourth-order valence-corrected chi connectivity index (χ4v) is 8.19. The number of hydrogen-bond donors (Lipinski definition) is 4. The number of amides is 2. The Bertz CT molecular complexity index is 2720. The van der Waals surface area contributed by atoms with Gasteiger partial charge in [-0.1, -0.05) is 45.0 Å². The van der Waals surface area contributed by atoms with Crippen LogP contribution in [0.4, 0.5) is 46.3 Å². The average Bonchev–Trinajstić information content (AvgIpc) is 3.88. The van der Waals surface area contributed by atoms with Crippen molar-refractivity contribution in [3.63, 3.8) is 0 Å². The number of anilines is 5. The number of carbonyl (C=O) groups is 2. The van der Waals surface area contributed by atoms with E-state index >= 15 is 0 Å². The molecule has 0 spiro atoms. The molecule has 3 aromatic carbocycles. The summed E-state index contributed by atoms with van der Waals surface area (Å²) in [7, 11) is 0. The van der Waals surface area contributed by atoms with Gasteiger partial charge in [0.1, 0.15) is 40.5 Å². The highest BCUT2D eigenvalue weighted by Crippen LogP contribution is 2.36. The second kappa shape index (κ2) is 19.2. The first-order valence-corrected chi connectivity index (χ1v) is 21.9. The Morgan fingerprint density at radius 1 is 0.697 bits per heavy atom. The monoisotopic (exact) mass is 902 g/mol. The van der Waals surface area contributed by atoms with Gasteiger partial charge in [-0.25, -0.2) is 37.5 Å². The third-order valence-electron chi connectivity index (χ3n) is 11.9. The van der Waals surface area contributed by atoms with Crippen molar-refractivity contribution >= 4 is 40.5 Å². The Labute approximate surface area is 380 Å². The highest BCUT2D eigenvalue weighted by Gasteiger charge is 2.35. The molecule has 2 saturated heterocycles. The van der Waals surface area contributed by atoms with E-state index in [4.69, 9.17) is 4.74 Å². The summed E-state index contributed by atoms with van der Waals surface area (Å²) < 4.78 is 62.7. The maximum atomic E-state index is 14.4. The molecule has 2 amide bonds. The second-order valence-corrected chi connectivity index (χ2v) is 16.6. The molecule has 2 fully saturated rings. The number of nitrogens with zero attached hydrogens (tertiary/aromatic N) is 6. The number of hydrogen-bond acceptors (Lipinski definition) is 11. The molecule has 4 aliphatic rings. The summed E-state index contributed by atoms with van der Waals surface area (Å²) in [6.45, 7) is 16.2. The van der Waals surface area contributed by atoms with Crippen molar-refractivity contribution < 1.29 is 31.9 Å². The van der Waals surface area contributed by atoms with Crippen LogP contribution in [0, 0.1) is 23.3 Å². The van der Waals surface area contributed by atoms with E-state index in [0.717, 1.165) is 49.6 Å². The maximum absolute atomic E-state index is 14.4. The predicted molar refractivity (Wildman–Crippen MR) is 245 cm³/mol. The van der Waals surface area contributed by atoms with Crippen LogP contribution >= 0.6 is 0 Å². The molecule has 66 heavy (non-hydrogen) atoms. The van der Waals surface area contributed by atoms with Gasteiger partial charge in [0.2, 0.25) is 0 Å². The van der Waals surface area contributed by atoms with E-state index in [1.54, 1.807) is 6.20 Å². The van der Waals surface area contributed by atoms with Crippen LogP contribution in [0.1, 0.15) is 72.3 Å². The molecule has 0 unspecified atom stereocenters. The minimum absolute atomic E-state index is 0.00408. The maximum Gasteiger partial charge on any atom is 0.257 e. The minimum Gasteiger partial charge on any atom is -0.379 e. The van der Waals surface area contributed by atoms with Crippen LogP contribution in [0.15, 0.2) is 85.1 Å². The Morgan fingerprint density at radius 2 is 1.29 bits per heavy atom. The summed E-state index contributed by atoms with van der Waals surface area (Å²) in [4.78, 5) is 46.9. The van der Waals surface area contributed by atoms with Crippen molar-refractivity contribution in [2.45, 2.75) is 59.2 Å². The van der Waals surface area contributed by atoms with Crippen molar-refractivity contribution in [2.75, 3.05) is 54.9 Å². The lowest BCUT2D eigenvalue weighted by Crippen LogP contribution is -2.48. The Kier molecular flexibility index (Phi) is 13.3. The predicted octanol–water partition coefficient (Wildman–Crippen LogP) is 8.66. The molecule has 13 nitrogen and oxygen atoms in total. The Morgan fingerprint density at radius 3 is 1.85 bits per heavy atom. The normalized spacial score (nSPS) is 15.9. The number of halogens is 4. The number of pyridine rings is 2. The van der Waals surface area contributed by atoms with Crippen molar-refractivity contribution in [1.82, 2.24) is 35.5 Å². The molecule has 0 saturated carbocycles. The van der Waals surface area contributed by atoms with E-state index in [9.17, 15) is 27.2 Å². The van der Waals surface area contributed by atoms with Gasteiger partial charge in [0.05, 0.1) is 77.6 Å².